The van der Waals surface area contributed by atoms with Crippen molar-refractivity contribution in [2.75, 3.05) is 6.54 Å². The number of rotatable bonds is 5. The Morgan fingerprint density at radius 3 is 2.57 bits per heavy atom. The van der Waals surface area contributed by atoms with Gasteiger partial charge in [0.15, 0.2) is 0 Å². The van der Waals surface area contributed by atoms with E-state index < -0.39 is 23.5 Å². The highest BCUT2D eigenvalue weighted by molar-refractivity contribution is 8.26. The van der Waals surface area contributed by atoms with Gasteiger partial charge in [0.05, 0.1) is 15.5 Å². The van der Waals surface area contributed by atoms with Crippen LogP contribution < -0.4 is 10.9 Å². The summed E-state index contributed by atoms with van der Waals surface area (Å²) >= 11 is 12.2. The number of thiocarbonyl (C=S) groups is 1. The van der Waals surface area contributed by atoms with Crippen LogP contribution in [0.15, 0.2) is 53.4 Å². The molecule has 0 atom stereocenters. The van der Waals surface area contributed by atoms with Gasteiger partial charge in [-0.15, -0.1) is 0 Å². The van der Waals surface area contributed by atoms with Crippen molar-refractivity contribution in [2.24, 2.45) is 0 Å². The van der Waals surface area contributed by atoms with Crippen molar-refractivity contribution in [2.45, 2.75) is 6.42 Å². The van der Waals surface area contributed by atoms with Crippen molar-refractivity contribution in [3.05, 3.63) is 75.4 Å². The molecule has 1 aliphatic rings. The summed E-state index contributed by atoms with van der Waals surface area (Å²) in [6, 6.07) is 12.5. The lowest BCUT2D eigenvalue weighted by atomic mass is 10.2. The predicted octanol–water partition coefficient (Wildman–Crippen LogP) is 3.53. The zero-order chi connectivity index (χ0) is 21.7. The van der Waals surface area contributed by atoms with Crippen molar-refractivity contribution in [3.8, 4) is 0 Å². The third-order valence-electron chi connectivity index (χ3n) is 4.06. The van der Waals surface area contributed by atoms with Gasteiger partial charge >= 0.3 is 0 Å². The third-order valence-corrected chi connectivity index (χ3v) is 5.77. The number of hydrogen-bond acceptors (Lipinski definition) is 5. The van der Waals surface area contributed by atoms with E-state index in [2.05, 4.69) is 10.9 Å². The van der Waals surface area contributed by atoms with Gasteiger partial charge in [0.2, 0.25) is 5.91 Å². The minimum atomic E-state index is -0.563. The van der Waals surface area contributed by atoms with Crippen molar-refractivity contribution < 1.29 is 18.8 Å². The molecule has 0 aliphatic carbocycles. The van der Waals surface area contributed by atoms with E-state index in [0.717, 1.165) is 11.8 Å². The molecule has 30 heavy (non-hydrogen) atoms. The Labute approximate surface area is 186 Å². The maximum absolute atomic E-state index is 13.8. The molecule has 0 radical (unpaired) electrons. The first-order chi connectivity index (χ1) is 14.4. The first-order valence-corrected chi connectivity index (χ1v) is 10.3. The predicted molar refractivity (Wildman–Crippen MR) is 118 cm³/mol. The van der Waals surface area contributed by atoms with E-state index in [9.17, 15) is 18.8 Å². The standard InChI is InChI=1S/C20H15ClFN3O3S2/c21-14-7-3-2-6-13(14)18(27)24-23-17(26)9-10-25-19(28)16(30-20(25)29)11-12-5-1-4-8-15(12)22/h1-8,11H,9-10H2,(H,23,26)(H,24,27)/b16-11+. The summed E-state index contributed by atoms with van der Waals surface area (Å²) in [4.78, 5) is 38.2. The average Bonchev–Trinajstić information content (AvgIpc) is 2.99. The fraction of sp³-hybridized carbons (Fsp3) is 0.100. The van der Waals surface area contributed by atoms with Crippen LogP contribution >= 0.6 is 35.6 Å². The number of benzene rings is 2. The molecule has 1 saturated heterocycles. The molecule has 2 aromatic carbocycles. The van der Waals surface area contributed by atoms with Crippen LogP contribution in [0.2, 0.25) is 5.02 Å². The number of carbonyl (C=O) groups is 3. The molecule has 10 heteroatoms. The number of hydrazine groups is 1. The Morgan fingerprint density at radius 2 is 1.83 bits per heavy atom. The molecule has 0 spiro atoms. The van der Waals surface area contributed by atoms with Crippen LogP contribution in [-0.4, -0.2) is 33.5 Å². The van der Waals surface area contributed by atoms with Crippen molar-refractivity contribution in [1.29, 1.82) is 0 Å². The zero-order valence-electron chi connectivity index (χ0n) is 15.4. The molecule has 0 bridgehead atoms. The third kappa shape index (κ3) is 5.24. The van der Waals surface area contributed by atoms with Gasteiger partial charge in [-0.2, -0.15) is 0 Å². The summed E-state index contributed by atoms with van der Waals surface area (Å²) in [7, 11) is 0. The molecule has 2 aromatic rings. The molecule has 1 aliphatic heterocycles. The second kappa shape index (κ2) is 9.84. The number of thioether (sulfide) groups is 1. The summed E-state index contributed by atoms with van der Waals surface area (Å²) in [5, 5.41) is 0.253. The Morgan fingerprint density at radius 1 is 1.13 bits per heavy atom. The molecule has 0 saturated carbocycles. The zero-order valence-corrected chi connectivity index (χ0v) is 17.7. The normalized spacial score (nSPS) is 14.9. The molecule has 3 amide bonds. The van der Waals surface area contributed by atoms with Crippen molar-refractivity contribution >= 4 is 63.7 Å². The van der Waals surface area contributed by atoms with E-state index in [1.54, 1.807) is 36.4 Å². The lowest BCUT2D eigenvalue weighted by Gasteiger charge is -2.14. The fourth-order valence-corrected chi connectivity index (χ4v) is 4.06. The van der Waals surface area contributed by atoms with Gasteiger partial charge in [-0.25, -0.2) is 4.39 Å². The molecule has 1 fully saturated rings. The van der Waals surface area contributed by atoms with E-state index in [0.29, 0.717) is 0 Å². The highest BCUT2D eigenvalue weighted by Crippen LogP contribution is 2.32. The number of halogens is 2. The highest BCUT2D eigenvalue weighted by Gasteiger charge is 2.32. The highest BCUT2D eigenvalue weighted by atomic mass is 35.5. The summed E-state index contributed by atoms with van der Waals surface area (Å²) in [5.74, 6) is -1.92. The van der Waals surface area contributed by atoms with Crippen LogP contribution in [0.5, 0.6) is 0 Å². The molecule has 0 aromatic heterocycles. The SMILES string of the molecule is O=C(CCN1C(=O)/C(=C\c2ccccc2F)SC1=S)NNC(=O)c1ccccc1Cl. The Hall–Kier alpha value is -2.75. The molecule has 0 unspecified atom stereocenters. The van der Waals surface area contributed by atoms with E-state index in [1.807, 2.05) is 0 Å². The average molecular weight is 464 g/mol. The summed E-state index contributed by atoms with van der Waals surface area (Å²) in [6.07, 6.45) is 1.33. The largest absolute Gasteiger partial charge is 0.292 e. The Balaban J connectivity index is 1.54. The molecular weight excluding hydrogens is 449 g/mol. The van der Waals surface area contributed by atoms with Gasteiger partial charge in [0, 0.05) is 18.5 Å². The minimum absolute atomic E-state index is 0.0209. The van der Waals surface area contributed by atoms with Gasteiger partial charge in [0.25, 0.3) is 11.8 Å². The monoisotopic (exact) mass is 463 g/mol. The number of nitrogens with one attached hydrogen (secondary N) is 2. The van der Waals surface area contributed by atoms with Crippen LogP contribution in [0.3, 0.4) is 0 Å². The molecule has 154 valence electrons. The second-order valence-electron chi connectivity index (χ2n) is 6.09. The van der Waals surface area contributed by atoms with Gasteiger partial charge in [0.1, 0.15) is 10.1 Å². The van der Waals surface area contributed by atoms with E-state index >= 15 is 0 Å². The smallest absolute Gasteiger partial charge is 0.271 e. The van der Waals surface area contributed by atoms with Crippen LogP contribution in [0, 0.1) is 5.82 Å². The van der Waals surface area contributed by atoms with Crippen molar-refractivity contribution in [3.63, 3.8) is 0 Å². The van der Waals surface area contributed by atoms with Crippen LogP contribution in [0.1, 0.15) is 22.3 Å². The van der Waals surface area contributed by atoms with Crippen LogP contribution in [0.4, 0.5) is 4.39 Å². The van der Waals surface area contributed by atoms with Gasteiger partial charge in [-0.05, 0) is 24.3 Å². The molecule has 6 nitrogen and oxygen atoms in total. The topological polar surface area (TPSA) is 78.5 Å². The van der Waals surface area contributed by atoms with Gasteiger partial charge < -0.3 is 0 Å². The number of amides is 3. The molecule has 2 N–H and O–H groups in total. The van der Waals surface area contributed by atoms with Crippen LogP contribution in [-0.2, 0) is 9.59 Å². The first kappa shape index (κ1) is 21.9. The van der Waals surface area contributed by atoms with Gasteiger partial charge in [-0.3, -0.25) is 30.1 Å². The van der Waals surface area contributed by atoms with E-state index in [-0.39, 0.29) is 38.3 Å². The fourth-order valence-electron chi connectivity index (χ4n) is 2.54. The Bertz CT molecular complexity index is 1060. The first-order valence-electron chi connectivity index (χ1n) is 8.70. The number of hydrogen-bond donors (Lipinski definition) is 2. The van der Waals surface area contributed by atoms with E-state index in [1.165, 1.54) is 23.1 Å². The summed E-state index contributed by atoms with van der Waals surface area (Å²) < 4.78 is 14.1. The summed E-state index contributed by atoms with van der Waals surface area (Å²) in [6.45, 7) is 0.0209. The quantitative estimate of drug-likeness (QED) is 0.403. The van der Waals surface area contributed by atoms with Gasteiger partial charge in [-0.1, -0.05) is 65.9 Å². The molecule has 1 heterocycles. The number of carbonyl (C=O) groups excluding carboxylic acids is 3. The second-order valence-corrected chi connectivity index (χ2v) is 8.17. The summed E-state index contributed by atoms with van der Waals surface area (Å²) in [5.41, 5.74) is 5.03. The Kier molecular flexibility index (Phi) is 7.20. The minimum Gasteiger partial charge on any atom is -0.292 e. The van der Waals surface area contributed by atoms with Crippen molar-refractivity contribution in [1.82, 2.24) is 15.8 Å². The molecule has 3 rings (SSSR count). The maximum atomic E-state index is 13.8. The molecular formula is C20H15ClFN3O3S2. The van der Waals surface area contributed by atoms with E-state index in [4.69, 9.17) is 23.8 Å². The lowest BCUT2D eigenvalue weighted by molar-refractivity contribution is -0.124. The maximum Gasteiger partial charge on any atom is 0.271 e. The van der Waals surface area contributed by atoms with Crippen LogP contribution in [0.25, 0.3) is 6.08 Å². The number of nitrogens with zero attached hydrogens (tertiary/aromatic N) is 1. The lowest BCUT2D eigenvalue weighted by Crippen LogP contribution is -2.43.